The number of ether oxygens (including phenoxy) is 1. The first-order chi connectivity index (χ1) is 12.6. The number of hydrogen-bond donors (Lipinski definition) is 1. The minimum atomic E-state index is -0.547. The monoisotopic (exact) mass is 392 g/mol. The molecule has 0 unspecified atom stereocenters. The molecule has 0 aliphatic carbocycles. The van der Waals surface area contributed by atoms with Crippen LogP contribution in [0.1, 0.15) is 0 Å². The van der Waals surface area contributed by atoms with Gasteiger partial charge in [-0.15, -0.1) is 10.2 Å². The highest BCUT2D eigenvalue weighted by atomic mass is 35.5. The number of methoxy groups -OCH3 is 1. The Morgan fingerprint density at radius 1 is 1.31 bits per heavy atom. The van der Waals surface area contributed by atoms with Crippen molar-refractivity contribution in [2.24, 2.45) is 0 Å². The van der Waals surface area contributed by atoms with Gasteiger partial charge in [0.1, 0.15) is 17.9 Å². The molecule has 1 N–H and O–H groups in total. The molecule has 0 aliphatic heterocycles. The predicted molar refractivity (Wildman–Crippen MR) is 98.7 cm³/mol. The molecule has 0 bridgehead atoms. The van der Waals surface area contributed by atoms with Crippen molar-refractivity contribution >= 4 is 35.0 Å². The molecule has 6 nitrogen and oxygen atoms in total. The van der Waals surface area contributed by atoms with E-state index < -0.39 is 5.82 Å². The number of nitrogens with zero attached hydrogens (tertiary/aromatic N) is 3. The van der Waals surface area contributed by atoms with Gasteiger partial charge in [-0.25, -0.2) is 4.39 Å². The standard InChI is InChI=1S/C17H14ClFN4O2S/c1-25-13-5-3-12(4-6-13)23-10-20-22-17(23)26-9-16(24)21-15-8-11(18)2-7-14(15)19/h2-8,10H,9H2,1H3,(H,21,24). The van der Waals surface area contributed by atoms with Gasteiger partial charge in [0.05, 0.1) is 18.6 Å². The maximum atomic E-state index is 13.7. The summed E-state index contributed by atoms with van der Waals surface area (Å²) in [6.45, 7) is 0. The first-order valence-electron chi connectivity index (χ1n) is 7.49. The minimum absolute atomic E-state index is 0.0414. The summed E-state index contributed by atoms with van der Waals surface area (Å²) in [6, 6.07) is 11.3. The summed E-state index contributed by atoms with van der Waals surface area (Å²) in [6.07, 6.45) is 1.55. The summed E-state index contributed by atoms with van der Waals surface area (Å²) in [5.74, 6) is -0.144. The van der Waals surface area contributed by atoms with E-state index >= 15 is 0 Å². The van der Waals surface area contributed by atoms with E-state index in [9.17, 15) is 9.18 Å². The molecular formula is C17H14ClFN4O2S. The van der Waals surface area contributed by atoms with Crippen molar-refractivity contribution in [3.8, 4) is 11.4 Å². The summed E-state index contributed by atoms with van der Waals surface area (Å²) in [4.78, 5) is 12.1. The van der Waals surface area contributed by atoms with Crippen molar-refractivity contribution in [1.82, 2.24) is 14.8 Å². The fraction of sp³-hybridized carbons (Fsp3) is 0.118. The second kappa shape index (κ2) is 8.20. The van der Waals surface area contributed by atoms with E-state index in [-0.39, 0.29) is 17.3 Å². The Hall–Kier alpha value is -2.58. The number of aromatic nitrogens is 3. The van der Waals surface area contributed by atoms with E-state index in [0.29, 0.717) is 10.2 Å². The first-order valence-corrected chi connectivity index (χ1v) is 8.85. The van der Waals surface area contributed by atoms with E-state index in [4.69, 9.17) is 16.3 Å². The SMILES string of the molecule is COc1ccc(-n2cnnc2SCC(=O)Nc2cc(Cl)ccc2F)cc1. The zero-order valence-electron chi connectivity index (χ0n) is 13.6. The molecule has 0 atom stereocenters. The molecule has 3 aromatic rings. The van der Waals surface area contributed by atoms with Crippen LogP contribution in [0.2, 0.25) is 5.02 Å². The molecule has 3 rings (SSSR count). The predicted octanol–water partition coefficient (Wildman–Crippen LogP) is 3.80. The van der Waals surface area contributed by atoms with Crippen LogP contribution >= 0.6 is 23.4 Å². The van der Waals surface area contributed by atoms with Crippen LogP contribution in [-0.4, -0.2) is 33.5 Å². The summed E-state index contributed by atoms with van der Waals surface area (Å²) in [7, 11) is 1.59. The van der Waals surface area contributed by atoms with Gasteiger partial charge in [0.25, 0.3) is 0 Å². The molecule has 0 spiro atoms. The molecule has 26 heavy (non-hydrogen) atoms. The fourth-order valence-electron chi connectivity index (χ4n) is 2.15. The topological polar surface area (TPSA) is 69.0 Å². The van der Waals surface area contributed by atoms with Gasteiger partial charge >= 0.3 is 0 Å². The Morgan fingerprint density at radius 2 is 2.08 bits per heavy atom. The van der Waals surface area contributed by atoms with Gasteiger partial charge in [-0.2, -0.15) is 0 Å². The quantitative estimate of drug-likeness (QED) is 0.646. The van der Waals surface area contributed by atoms with Crippen molar-refractivity contribution in [2.45, 2.75) is 5.16 Å². The molecule has 1 amide bonds. The van der Waals surface area contributed by atoms with E-state index in [1.807, 2.05) is 24.3 Å². The number of carbonyl (C=O) groups excluding carboxylic acids is 1. The molecule has 0 saturated carbocycles. The van der Waals surface area contributed by atoms with Crippen LogP contribution < -0.4 is 10.1 Å². The highest BCUT2D eigenvalue weighted by Crippen LogP contribution is 2.23. The number of nitrogens with one attached hydrogen (secondary N) is 1. The Balaban J connectivity index is 1.66. The number of halogens is 2. The maximum Gasteiger partial charge on any atom is 0.234 e. The number of thioether (sulfide) groups is 1. The lowest BCUT2D eigenvalue weighted by molar-refractivity contribution is -0.113. The normalized spacial score (nSPS) is 10.6. The van der Waals surface area contributed by atoms with Crippen molar-refractivity contribution in [3.63, 3.8) is 0 Å². The van der Waals surface area contributed by atoms with E-state index in [1.54, 1.807) is 18.0 Å². The third kappa shape index (κ3) is 4.33. The van der Waals surface area contributed by atoms with E-state index in [1.165, 1.54) is 30.0 Å². The lowest BCUT2D eigenvalue weighted by atomic mass is 10.3. The number of hydrogen-bond acceptors (Lipinski definition) is 5. The Kier molecular flexibility index (Phi) is 5.75. The number of carbonyl (C=O) groups is 1. The van der Waals surface area contributed by atoms with Crippen molar-refractivity contribution in [1.29, 1.82) is 0 Å². The van der Waals surface area contributed by atoms with Gasteiger partial charge in [-0.05, 0) is 42.5 Å². The van der Waals surface area contributed by atoms with Crippen LogP contribution in [0.5, 0.6) is 5.75 Å². The first kappa shape index (κ1) is 18.2. The molecule has 1 aromatic heterocycles. The fourth-order valence-corrected chi connectivity index (χ4v) is 3.05. The molecule has 0 radical (unpaired) electrons. The van der Waals surface area contributed by atoms with Crippen molar-refractivity contribution in [2.75, 3.05) is 18.2 Å². The van der Waals surface area contributed by atoms with Crippen LogP contribution in [0.4, 0.5) is 10.1 Å². The zero-order valence-corrected chi connectivity index (χ0v) is 15.2. The Morgan fingerprint density at radius 3 is 2.81 bits per heavy atom. The second-order valence-electron chi connectivity index (χ2n) is 5.14. The lowest BCUT2D eigenvalue weighted by Gasteiger charge is -2.08. The van der Waals surface area contributed by atoms with Gasteiger partial charge in [0.2, 0.25) is 5.91 Å². The number of rotatable bonds is 6. The van der Waals surface area contributed by atoms with Crippen LogP contribution in [0.15, 0.2) is 53.9 Å². The van der Waals surface area contributed by atoms with Crippen molar-refractivity contribution in [3.05, 3.63) is 59.6 Å². The van der Waals surface area contributed by atoms with Crippen LogP contribution in [0.3, 0.4) is 0 Å². The lowest BCUT2D eigenvalue weighted by Crippen LogP contribution is -2.15. The third-order valence-electron chi connectivity index (χ3n) is 3.40. The van der Waals surface area contributed by atoms with Gasteiger partial charge < -0.3 is 10.1 Å². The number of benzene rings is 2. The largest absolute Gasteiger partial charge is 0.497 e. The van der Waals surface area contributed by atoms with Crippen molar-refractivity contribution < 1.29 is 13.9 Å². The Labute approximate surface area is 158 Å². The molecule has 2 aromatic carbocycles. The molecular weight excluding hydrogens is 379 g/mol. The smallest absolute Gasteiger partial charge is 0.234 e. The van der Waals surface area contributed by atoms with E-state index in [2.05, 4.69) is 15.5 Å². The summed E-state index contributed by atoms with van der Waals surface area (Å²) < 4.78 is 20.6. The average Bonchev–Trinajstić information content (AvgIpc) is 3.12. The number of amides is 1. The van der Waals surface area contributed by atoms with Gasteiger partial charge in [-0.3, -0.25) is 9.36 Å². The highest BCUT2D eigenvalue weighted by Gasteiger charge is 2.12. The van der Waals surface area contributed by atoms with Gasteiger partial charge in [-0.1, -0.05) is 23.4 Å². The van der Waals surface area contributed by atoms with Crippen LogP contribution in [-0.2, 0) is 4.79 Å². The Bertz CT molecular complexity index is 917. The summed E-state index contributed by atoms with van der Waals surface area (Å²) in [5, 5.41) is 11.3. The minimum Gasteiger partial charge on any atom is -0.497 e. The van der Waals surface area contributed by atoms with Gasteiger partial charge in [0, 0.05) is 10.7 Å². The second-order valence-corrected chi connectivity index (χ2v) is 6.52. The summed E-state index contributed by atoms with van der Waals surface area (Å²) >= 11 is 7.00. The molecule has 0 aliphatic rings. The molecule has 1 heterocycles. The van der Waals surface area contributed by atoms with Crippen LogP contribution in [0.25, 0.3) is 5.69 Å². The number of anilines is 1. The molecule has 134 valence electrons. The molecule has 0 saturated heterocycles. The third-order valence-corrected chi connectivity index (χ3v) is 4.58. The highest BCUT2D eigenvalue weighted by molar-refractivity contribution is 7.99. The summed E-state index contributed by atoms with van der Waals surface area (Å²) in [5.41, 5.74) is 0.874. The van der Waals surface area contributed by atoms with Gasteiger partial charge in [0.15, 0.2) is 5.16 Å². The van der Waals surface area contributed by atoms with E-state index in [0.717, 1.165) is 11.4 Å². The zero-order chi connectivity index (χ0) is 18.5. The average molecular weight is 393 g/mol. The van der Waals surface area contributed by atoms with Crippen LogP contribution in [0, 0.1) is 5.82 Å². The molecule has 0 fully saturated rings. The molecule has 9 heteroatoms. The maximum absolute atomic E-state index is 13.7.